The van der Waals surface area contributed by atoms with Crippen molar-refractivity contribution in [3.63, 3.8) is 0 Å². The van der Waals surface area contributed by atoms with Crippen molar-refractivity contribution in [3.05, 3.63) is 0 Å². The minimum atomic E-state index is 0.527. The fourth-order valence-electron chi connectivity index (χ4n) is 1.52. The second kappa shape index (κ2) is 2.24. The van der Waals surface area contributed by atoms with Gasteiger partial charge in [0.2, 0.25) is 0 Å². The molecule has 1 fully saturated rings. The first-order valence-electron chi connectivity index (χ1n) is 4.10. The molecule has 1 saturated carbocycles. The maximum Gasteiger partial charge on any atom is 0.114 e. The molecule has 10 heavy (non-hydrogen) atoms. The second-order valence-corrected chi connectivity index (χ2v) is 6.49. The average molecular weight is 156 g/mol. The van der Waals surface area contributed by atoms with Gasteiger partial charge in [0.25, 0.3) is 0 Å². The van der Waals surface area contributed by atoms with Crippen molar-refractivity contribution in [2.75, 3.05) is 0 Å². The molecular weight excluding hydrogens is 138 g/mol. The lowest BCUT2D eigenvalue weighted by Crippen LogP contribution is -2.10. The minimum Gasteiger partial charge on any atom is -0.139 e. The number of hydrogen-bond acceptors (Lipinski definition) is 0. The van der Waals surface area contributed by atoms with Crippen molar-refractivity contribution >= 4 is 17.1 Å². The van der Waals surface area contributed by atoms with E-state index in [0.717, 1.165) is 5.92 Å². The molecule has 0 spiro atoms. The van der Waals surface area contributed by atoms with Crippen LogP contribution >= 0.6 is 9.24 Å². The van der Waals surface area contributed by atoms with E-state index in [0.29, 0.717) is 10.5 Å². The molecule has 3 unspecified atom stereocenters. The van der Waals surface area contributed by atoms with Gasteiger partial charge in [-0.3, -0.25) is 0 Å². The highest BCUT2D eigenvalue weighted by atomic mass is 31.0. The van der Waals surface area contributed by atoms with Crippen molar-refractivity contribution in [3.8, 4) is 0 Å². The van der Waals surface area contributed by atoms with E-state index in [1.54, 1.807) is 0 Å². The molecule has 0 aromatic heterocycles. The summed E-state index contributed by atoms with van der Waals surface area (Å²) in [6.07, 6.45) is 2.79. The number of hydrogen-bond donors (Lipinski definition) is 0. The lowest BCUT2D eigenvalue weighted by Gasteiger charge is -2.18. The van der Waals surface area contributed by atoms with Gasteiger partial charge in [-0.05, 0) is 29.2 Å². The minimum absolute atomic E-state index is 0.527. The molecule has 1 aliphatic rings. The van der Waals surface area contributed by atoms with Crippen LogP contribution in [0.5, 0.6) is 0 Å². The Balaban J connectivity index is 2.31. The van der Waals surface area contributed by atoms with Gasteiger partial charge in [0.05, 0.1) is 0 Å². The predicted octanol–water partition coefficient (Wildman–Crippen LogP) is 1.65. The van der Waals surface area contributed by atoms with E-state index in [2.05, 4.69) is 37.9 Å². The zero-order chi connectivity index (χ0) is 7.99. The normalized spacial score (nSPS) is 39.8. The molecule has 0 radical (unpaired) electrons. The Bertz CT molecular complexity index is 135. The first kappa shape index (κ1) is 8.59. The average Bonchev–Trinajstić information content (AvgIpc) is 2.05. The van der Waals surface area contributed by atoms with E-state index in [1.165, 1.54) is 12.8 Å². The zero-order valence-corrected chi connectivity index (χ0v) is 8.72. The van der Waals surface area contributed by atoms with Crippen LogP contribution in [0, 0.1) is 11.3 Å². The summed E-state index contributed by atoms with van der Waals surface area (Å²) < 4.78 is 0. The SMILES string of the molecule is BC1(P)CC1CC(C)(C)C. The first-order valence-corrected chi connectivity index (χ1v) is 4.68. The van der Waals surface area contributed by atoms with Gasteiger partial charge in [-0.15, -0.1) is 9.24 Å². The summed E-state index contributed by atoms with van der Waals surface area (Å²) in [7, 11) is 5.31. The maximum atomic E-state index is 2.97. The van der Waals surface area contributed by atoms with Gasteiger partial charge in [0, 0.05) is 0 Å². The topological polar surface area (TPSA) is 0 Å². The summed E-state index contributed by atoms with van der Waals surface area (Å²) in [5, 5.41) is 0.591. The highest BCUT2D eigenvalue weighted by Gasteiger charge is 2.46. The molecular formula is C8H18BP. The lowest BCUT2D eigenvalue weighted by atomic mass is 9.86. The maximum absolute atomic E-state index is 2.97. The lowest BCUT2D eigenvalue weighted by molar-refractivity contribution is 0.353. The fourth-order valence-corrected chi connectivity index (χ4v) is 1.92. The Morgan fingerprint density at radius 2 is 2.00 bits per heavy atom. The fraction of sp³-hybridized carbons (Fsp3) is 1.00. The van der Waals surface area contributed by atoms with Crippen LogP contribution in [0.2, 0.25) is 0 Å². The van der Waals surface area contributed by atoms with Crippen molar-refractivity contribution in [2.45, 2.75) is 38.7 Å². The summed E-state index contributed by atoms with van der Waals surface area (Å²) in [5.41, 5.74) is 0.527. The van der Waals surface area contributed by atoms with Crippen LogP contribution in [-0.4, -0.2) is 12.9 Å². The molecule has 3 atom stereocenters. The van der Waals surface area contributed by atoms with Crippen LogP contribution in [0.15, 0.2) is 0 Å². The standard InChI is InChI=1S/C8H18BP/c1-7(2,3)4-6-5-8(6,9)10/h6H,4-5,9-10H2,1-3H3. The van der Waals surface area contributed by atoms with E-state index in [9.17, 15) is 0 Å². The Labute approximate surface area is 67.8 Å². The highest BCUT2D eigenvalue weighted by molar-refractivity contribution is 7.23. The summed E-state index contributed by atoms with van der Waals surface area (Å²) in [6.45, 7) is 6.98. The third-order valence-corrected chi connectivity index (χ3v) is 3.02. The molecule has 0 saturated heterocycles. The molecule has 1 aliphatic carbocycles. The van der Waals surface area contributed by atoms with Gasteiger partial charge in [-0.1, -0.05) is 20.8 Å². The summed E-state index contributed by atoms with van der Waals surface area (Å²) in [4.78, 5) is 0. The molecule has 1 rings (SSSR count). The molecule has 0 N–H and O–H groups in total. The smallest absolute Gasteiger partial charge is 0.114 e. The molecule has 0 aliphatic heterocycles. The molecule has 0 heterocycles. The van der Waals surface area contributed by atoms with Crippen molar-refractivity contribution < 1.29 is 0 Å². The third kappa shape index (κ3) is 2.27. The third-order valence-electron chi connectivity index (χ3n) is 2.32. The van der Waals surface area contributed by atoms with Gasteiger partial charge in [0.1, 0.15) is 7.85 Å². The summed E-state index contributed by atoms with van der Waals surface area (Å²) in [6, 6.07) is 0. The Morgan fingerprint density at radius 3 is 2.10 bits per heavy atom. The quantitative estimate of drug-likeness (QED) is 0.400. The Morgan fingerprint density at radius 1 is 1.60 bits per heavy atom. The predicted molar refractivity (Wildman–Crippen MR) is 53.2 cm³/mol. The van der Waals surface area contributed by atoms with E-state index < -0.39 is 0 Å². The van der Waals surface area contributed by atoms with E-state index in [1.807, 2.05) is 0 Å². The Hall–Kier alpha value is 0.495. The molecule has 0 bridgehead atoms. The largest absolute Gasteiger partial charge is 0.139 e. The monoisotopic (exact) mass is 156 g/mol. The molecule has 58 valence electrons. The van der Waals surface area contributed by atoms with E-state index in [4.69, 9.17) is 0 Å². The molecule has 0 amide bonds. The van der Waals surface area contributed by atoms with Crippen LogP contribution in [0.25, 0.3) is 0 Å². The van der Waals surface area contributed by atoms with Crippen molar-refractivity contribution in [1.29, 1.82) is 0 Å². The van der Waals surface area contributed by atoms with Crippen LogP contribution in [0.4, 0.5) is 0 Å². The molecule has 0 aromatic carbocycles. The van der Waals surface area contributed by atoms with Crippen molar-refractivity contribution in [1.82, 2.24) is 0 Å². The first-order chi connectivity index (χ1) is 4.31. The molecule has 2 heteroatoms. The van der Waals surface area contributed by atoms with E-state index >= 15 is 0 Å². The van der Waals surface area contributed by atoms with Crippen LogP contribution < -0.4 is 0 Å². The van der Waals surface area contributed by atoms with Gasteiger partial charge in [0.15, 0.2) is 0 Å². The highest BCUT2D eigenvalue weighted by Crippen LogP contribution is 2.53. The molecule has 0 nitrogen and oxygen atoms in total. The van der Waals surface area contributed by atoms with Gasteiger partial charge in [-0.2, -0.15) is 0 Å². The van der Waals surface area contributed by atoms with Gasteiger partial charge >= 0.3 is 0 Å². The summed E-state index contributed by atoms with van der Waals surface area (Å²) >= 11 is 0. The van der Waals surface area contributed by atoms with Crippen LogP contribution in [0.3, 0.4) is 0 Å². The summed E-state index contributed by atoms with van der Waals surface area (Å²) in [5.74, 6) is 0.970. The van der Waals surface area contributed by atoms with Crippen LogP contribution in [0.1, 0.15) is 33.6 Å². The van der Waals surface area contributed by atoms with Gasteiger partial charge < -0.3 is 0 Å². The Kier molecular flexibility index (Phi) is 1.92. The van der Waals surface area contributed by atoms with Crippen molar-refractivity contribution in [2.24, 2.45) is 11.3 Å². The van der Waals surface area contributed by atoms with Gasteiger partial charge in [-0.25, -0.2) is 0 Å². The van der Waals surface area contributed by atoms with E-state index in [-0.39, 0.29) is 0 Å². The zero-order valence-electron chi connectivity index (χ0n) is 7.57. The number of rotatable bonds is 1. The van der Waals surface area contributed by atoms with Crippen LogP contribution in [-0.2, 0) is 0 Å². The second-order valence-electron chi connectivity index (χ2n) is 5.17. The molecule has 0 aromatic rings.